The van der Waals surface area contributed by atoms with Gasteiger partial charge in [-0.05, 0) is 26.2 Å². The number of alkyl halides is 3. The van der Waals surface area contributed by atoms with Crippen LogP contribution in [0.2, 0.25) is 0 Å². The number of fused-ring (bicyclic) bond motifs is 1. The molecule has 2 aliphatic rings. The summed E-state index contributed by atoms with van der Waals surface area (Å²) >= 11 is 0. The summed E-state index contributed by atoms with van der Waals surface area (Å²) in [5.41, 5.74) is -2.88. The van der Waals surface area contributed by atoms with Crippen LogP contribution in [0.3, 0.4) is 0 Å². The van der Waals surface area contributed by atoms with Crippen LogP contribution in [0.15, 0.2) is 16.7 Å². The Hall–Kier alpha value is -1.73. The molecule has 0 saturated heterocycles. The van der Waals surface area contributed by atoms with Crippen LogP contribution in [0.4, 0.5) is 13.2 Å². The minimum atomic E-state index is -4.69. The largest absolute Gasteiger partial charge is 0.490 e. The van der Waals surface area contributed by atoms with E-state index in [1.807, 2.05) is 0 Å². The molecular formula is C13H16F3NO4. The van der Waals surface area contributed by atoms with Crippen LogP contribution < -0.4 is 0 Å². The topological polar surface area (TPSA) is 68.1 Å². The molecule has 21 heavy (non-hydrogen) atoms. The normalized spacial score (nSPS) is 30.4. The summed E-state index contributed by atoms with van der Waals surface area (Å²) in [7, 11) is 0. The number of carbonyl (C=O) groups excluding carboxylic acids is 1. The van der Waals surface area contributed by atoms with E-state index in [9.17, 15) is 18.0 Å². The van der Waals surface area contributed by atoms with E-state index in [0.717, 1.165) is 6.92 Å². The third-order valence-corrected chi connectivity index (χ3v) is 3.74. The molecule has 0 aromatic heterocycles. The molecule has 0 bridgehead atoms. The van der Waals surface area contributed by atoms with Gasteiger partial charge in [-0.3, -0.25) is 4.79 Å². The molecule has 0 amide bonds. The van der Waals surface area contributed by atoms with E-state index in [4.69, 9.17) is 14.7 Å². The molecule has 1 saturated carbocycles. The van der Waals surface area contributed by atoms with Crippen LogP contribution >= 0.6 is 0 Å². The van der Waals surface area contributed by atoms with Gasteiger partial charge < -0.3 is 14.7 Å². The van der Waals surface area contributed by atoms with E-state index in [1.54, 1.807) is 13.8 Å². The lowest BCUT2D eigenvalue weighted by molar-refractivity contribution is -0.221. The average molecular weight is 307 g/mol. The van der Waals surface area contributed by atoms with Gasteiger partial charge in [0.2, 0.25) is 0 Å². The predicted molar refractivity (Wildman–Crippen MR) is 65.4 cm³/mol. The summed E-state index contributed by atoms with van der Waals surface area (Å²) in [6, 6.07) is 0. The predicted octanol–water partition coefficient (Wildman–Crippen LogP) is 2.99. The first-order valence-corrected chi connectivity index (χ1v) is 6.51. The maximum absolute atomic E-state index is 13.6. The van der Waals surface area contributed by atoms with E-state index in [2.05, 4.69) is 5.16 Å². The highest BCUT2D eigenvalue weighted by Crippen LogP contribution is 2.66. The van der Waals surface area contributed by atoms with Crippen LogP contribution in [-0.4, -0.2) is 29.2 Å². The summed E-state index contributed by atoms with van der Waals surface area (Å²) in [5.74, 6) is -2.16. The Morgan fingerprint density at radius 1 is 1.43 bits per heavy atom. The van der Waals surface area contributed by atoms with E-state index >= 15 is 0 Å². The van der Waals surface area contributed by atoms with Gasteiger partial charge in [0, 0.05) is 13.3 Å². The quantitative estimate of drug-likeness (QED) is 0.494. The lowest BCUT2D eigenvalue weighted by Crippen LogP contribution is -2.58. The smallest absolute Gasteiger partial charge is 0.407 e. The molecule has 2 rings (SSSR count). The first kappa shape index (κ1) is 15.7. The molecule has 1 N–H and O–H groups in total. The fourth-order valence-electron chi connectivity index (χ4n) is 3.03. The fourth-order valence-corrected chi connectivity index (χ4v) is 3.03. The molecule has 0 radical (unpaired) electrons. The van der Waals surface area contributed by atoms with Crippen molar-refractivity contribution in [2.75, 3.05) is 0 Å². The Bertz CT molecular complexity index is 524. The Morgan fingerprint density at radius 3 is 2.48 bits per heavy atom. The van der Waals surface area contributed by atoms with Crippen molar-refractivity contribution in [3.05, 3.63) is 11.5 Å². The molecule has 2 atom stereocenters. The van der Waals surface area contributed by atoms with Gasteiger partial charge in [0.05, 0.1) is 11.8 Å². The first-order valence-electron chi connectivity index (χ1n) is 6.51. The summed E-state index contributed by atoms with van der Waals surface area (Å²) < 4.78 is 51.2. The number of carbonyl (C=O) groups is 1. The van der Waals surface area contributed by atoms with Crippen molar-refractivity contribution in [1.82, 2.24) is 0 Å². The van der Waals surface area contributed by atoms with Crippen LogP contribution in [0.25, 0.3) is 0 Å². The highest BCUT2D eigenvalue weighted by molar-refractivity contribution is 6.00. The SMILES string of the molecule is CC(=O)OC1=C(OC(C)C)[C@]2(C(F)(F)F)/C(=N/O)C[C@@H]2C1. The van der Waals surface area contributed by atoms with Crippen LogP contribution in [-0.2, 0) is 14.3 Å². The van der Waals surface area contributed by atoms with Crippen molar-refractivity contribution in [2.24, 2.45) is 16.5 Å². The van der Waals surface area contributed by atoms with E-state index in [-0.39, 0.29) is 18.6 Å². The zero-order valence-corrected chi connectivity index (χ0v) is 11.8. The second kappa shape index (κ2) is 4.92. The molecular weight excluding hydrogens is 291 g/mol. The van der Waals surface area contributed by atoms with Crippen molar-refractivity contribution in [2.45, 2.75) is 45.9 Å². The molecule has 118 valence electrons. The molecule has 2 aliphatic carbocycles. The standard InChI is InChI=1S/C13H16F3NO4/c1-6(2)20-11-9(21-7(3)18)4-8-5-10(17-19)12(8,11)13(14,15)16/h6,8,19H,4-5H2,1-3H3/b17-10+/t8-,12+/m0/s1. The van der Waals surface area contributed by atoms with Crippen LogP contribution in [0.5, 0.6) is 0 Å². The summed E-state index contributed by atoms with van der Waals surface area (Å²) in [5, 5.41) is 11.7. The number of halogens is 3. The molecule has 0 aliphatic heterocycles. The van der Waals surface area contributed by atoms with Crippen molar-refractivity contribution >= 4 is 11.7 Å². The molecule has 0 heterocycles. The summed E-state index contributed by atoms with van der Waals surface area (Å²) in [4.78, 5) is 11.1. The van der Waals surface area contributed by atoms with Gasteiger partial charge >= 0.3 is 12.1 Å². The fraction of sp³-hybridized carbons (Fsp3) is 0.692. The van der Waals surface area contributed by atoms with Gasteiger partial charge in [-0.25, -0.2) is 0 Å². The second-order valence-electron chi connectivity index (χ2n) is 5.47. The second-order valence-corrected chi connectivity index (χ2v) is 5.47. The Labute approximate surface area is 119 Å². The number of rotatable bonds is 3. The highest BCUT2D eigenvalue weighted by Gasteiger charge is 2.75. The lowest BCUT2D eigenvalue weighted by Gasteiger charge is -2.47. The maximum Gasteiger partial charge on any atom is 0.407 e. The Kier molecular flexibility index (Phi) is 3.67. The van der Waals surface area contributed by atoms with Gasteiger partial charge in [-0.1, -0.05) is 5.16 Å². The van der Waals surface area contributed by atoms with Crippen LogP contribution in [0.1, 0.15) is 33.6 Å². The monoisotopic (exact) mass is 307 g/mol. The van der Waals surface area contributed by atoms with Gasteiger partial charge in [-0.2, -0.15) is 13.2 Å². The molecule has 0 unspecified atom stereocenters. The minimum absolute atomic E-state index is 0.00820. The number of hydrogen-bond donors (Lipinski definition) is 1. The molecule has 0 aromatic carbocycles. The third kappa shape index (κ3) is 2.16. The molecule has 5 nitrogen and oxygen atoms in total. The minimum Gasteiger partial charge on any atom is -0.490 e. The average Bonchev–Trinajstić information content (AvgIpc) is 2.49. The molecule has 8 heteroatoms. The number of nitrogens with zero attached hydrogens (tertiary/aromatic N) is 1. The van der Waals surface area contributed by atoms with E-state index in [1.165, 1.54) is 0 Å². The van der Waals surface area contributed by atoms with E-state index in [0.29, 0.717) is 0 Å². The third-order valence-electron chi connectivity index (χ3n) is 3.74. The van der Waals surface area contributed by atoms with Gasteiger partial charge in [-0.15, -0.1) is 0 Å². The highest BCUT2D eigenvalue weighted by atomic mass is 19.4. The number of ether oxygens (including phenoxy) is 2. The van der Waals surface area contributed by atoms with Gasteiger partial charge in [0.25, 0.3) is 0 Å². The lowest BCUT2D eigenvalue weighted by atomic mass is 9.59. The Balaban J connectivity index is 2.56. The zero-order valence-electron chi connectivity index (χ0n) is 11.8. The van der Waals surface area contributed by atoms with Crippen molar-refractivity contribution < 1.29 is 32.6 Å². The summed E-state index contributed by atoms with van der Waals surface area (Å²) in [6.45, 7) is 4.26. The van der Waals surface area contributed by atoms with Crippen LogP contribution in [0, 0.1) is 11.3 Å². The van der Waals surface area contributed by atoms with Crippen molar-refractivity contribution in [3.8, 4) is 0 Å². The number of esters is 1. The van der Waals surface area contributed by atoms with Crippen molar-refractivity contribution in [1.29, 1.82) is 0 Å². The number of hydrogen-bond acceptors (Lipinski definition) is 5. The molecule has 1 fully saturated rings. The zero-order chi connectivity index (χ0) is 16.0. The van der Waals surface area contributed by atoms with Gasteiger partial charge in [0.15, 0.2) is 11.2 Å². The number of allylic oxidation sites excluding steroid dienone is 2. The molecule has 0 aromatic rings. The van der Waals surface area contributed by atoms with E-state index < -0.39 is 41.1 Å². The Morgan fingerprint density at radius 2 is 2.05 bits per heavy atom. The molecule has 0 spiro atoms. The first-order chi connectivity index (χ1) is 9.64. The summed E-state index contributed by atoms with van der Waals surface area (Å²) in [6.07, 6.45) is -5.31. The number of oxime groups is 1. The van der Waals surface area contributed by atoms with Crippen molar-refractivity contribution in [3.63, 3.8) is 0 Å². The van der Waals surface area contributed by atoms with Gasteiger partial charge in [0.1, 0.15) is 5.76 Å². The maximum atomic E-state index is 13.6.